The van der Waals surface area contributed by atoms with Gasteiger partial charge < -0.3 is 9.73 Å². The fourth-order valence-corrected chi connectivity index (χ4v) is 4.35. The minimum Gasteiger partial charge on any atom is -0.462 e. The van der Waals surface area contributed by atoms with E-state index in [-0.39, 0.29) is 17.5 Å². The van der Waals surface area contributed by atoms with Gasteiger partial charge >= 0.3 is 0 Å². The number of piperidine rings is 3. The third-order valence-corrected chi connectivity index (χ3v) is 5.71. The van der Waals surface area contributed by atoms with Crippen molar-refractivity contribution in [1.82, 2.24) is 15.2 Å². The number of nitrogens with zero attached hydrogens (tertiary/aromatic N) is 2. The van der Waals surface area contributed by atoms with E-state index in [9.17, 15) is 4.79 Å². The first-order chi connectivity index (χ1) is 11.0. The minimum atomic E-state index is -0.0805. The van der Waals surface area contributed by atoms with Gasteiger partial charge in [0.1, 0.15) is 5.69 Å². The molecule has 1 N–H and O–H groups in total. The van der Waals surface area contributed by atoms with Gasteiger partial charge in [-0.25, -0.2) is 4.98 Å². The summed E-state index contributed by atoms with van der Waals surface area (Å²) < 4.78 is 5.41. The maximum Gasteiger partial charge on any atom is 0.270 e. The van der Waals surface area contributed by atoms with Crippen molar-refractivity contribution in [2.24, 2.45) is 5.92 Å². The van der Waals surface area contributed by atoms with Gasteiger partial charge in [0.15, 0.2) is 5.58 Å². The Labute approximate surface area is 136 Å². The van der Waals surface area contributed by atoms with Gasteiger partial charge in [0.25, 0.3) is 5.91 Å². The van der Waals surface area contributed by atoms with Crippen LogP contribution >= 0.6 is 0 Å². The third-order valence-electron chi connectivity index (χ3n) is 5.71. The van der Waals surface area contributed by atoms with Crippen LogP contribution in [0.1, 0.15) is 42.9 Å². The number of hydrogen-bond acceptors (Lipinski definition) is 4. The van der Waals surface area contributed by atoms with Crippen LogP contribution in [-0.2, 0) is 0 Å². The van der Waals surface area contributed by atoms with Crippen LogP contribution in [0.25, 0.3) is 11.0 Å². The Hall–Kier alpha value is -1.88. The number of nitrogens with one attached hydrogen (secondary N) is 1. The molecule has 122 valence electrons. The quantitative estimate of drug-likeness (QED) is 0.926. The van der Waals surface area contributed by atoms with E-state index < -0.39 is 0 Å². The van der Waals surface area contributed by atoms with Crippen molar-refractivity contribution in [3.05, 3.63) is 29.8 Å². The highest BCUT2D eigenvalue weighted by molar-refractivity contribution is 5.96. The summed E-state index contributed by atoms with van der Waals surface area (Å²) in [5, 5.41) is 4.19. The number of aromatic nitrogens is 1. The van der Waals surface area contributed by atoms with E-state index in [0.717, 1.165) is 29.8 Å². The van der Waals surface area contributed by atoms with Gasteiger partial charge in [-0.15, -0.1) is 0 Å². The summed E-state index contributed by atoms with van der Waals surface area (Å²) in [5.41, 5.74) is 1.99. The predicted molar refractivity (Wildman–Crippen MR) is 88.4 cm³/mol. The van der Waals surface area contributed by atoms with E-state index in [1.54, 1.807) is 6.26 Å². The Bertz CT molecular complexity index is 757. The van der Waals surface area contributed by atoms with Crippen LogP contribution in [0.2, 0.25) is 0 Å². The number of carbonyl (C=O) groups is 1. The molecule has 0 aromatic carbocycles. The molecule has 0 radical (unpaired) electrons. The van der Waals surface area contributed by atoms with Gasteiger partial charge in [-0.05, 0) is 64.8 Å². The van der Waals surface area contributed by atoms with Crippen LogP contribution in [0.4, 0.5) is 0 Å². The molecule has 0 aliphatic carbocycles. The summed E-state index contributed by atoms with van der Waals surface area (Å²) in [6, 6.07) is 3.87. The molecule has 0 spiro atoms. The molecule has 5 nitrogen and oxygen atoms in total. The fraction of sp³-hybridized carbons (Fsp3) is 0.556. The zero-order valence-electron chi connectivity index (χ0n) is 13.9. The molecule has 3 fully saturated rings. The molecule has 3 aliphatic heterocycles. The summed E-state index contributed by atoms with van der Waals surface area (Å²) in [5.74, 6) is 0.487. The second kappa shape index (κ2) is 5.06. The summed E-state index contributed by atoms with van der Waals surface area (Å²) in [4.78, 5) is 19.7. The average molecular weight is 313 g/mol. The maximum atomic E-state index is 12.8. The number of aryl methyl sites for hydroxylation is 1. The molecule has 1 unspecified atom stereocenters. The molecular formula is C18H23N3O2. The van der Waals surface area contributed by atoms with E-state index in [4.69, 9.17) is 4.42 Å². The van der Waals surface area contributed by atoms with Gasteiger partial charge in [-0.3, -0.25) is 9.69 Å². The number of hydrogen-bond donors (Lipinski definition) is 1. The molecule has 2 aromatic heterocycles. The Morgan fingerprint density at radius 1 is 1.39 bits per heavy atom. The Morgan fingerprint density at radius 2 is 2.13 bits per heavy atom. The van der Waals surface area contributed by atoms with Gasteiger partial charge in [0.05, 0.1) is 12.0 Å². The molecule has 1 amide bonds. The molecule has 2 bridgehead atoms. The van der Waals surface area contributed by atoms with Crippen LogP contribution in [-0.4, -0.2) is 40.5 Å². The van der Waals surface area contributed by atoms with E-state index in [0.29, 0.717) is 11.6 Å². The van der Waals surface area contributed by atoms with E-state index in [1.165, 1.54) is 12.8 Å². The number of carbonyl (C=O) groups excluding carboxylic acids is 1. The second-order valence-electron chi connectivity index (χ2n) is 7.36. The molecular weight excluding hydrogens is 290 g/mol. The lowest BCUT2D eigenvalue weighted by Crippen LogP contribution is -2.69. The summed E-state index contributed by atoms with van der Waals surface area (Å²) in [6.45, 7) is 8.63. The Morgan fingerprint density at radius 3 is 2.83 bits per heavy atom. The number of furan rings is 1. The zero-order valence-corrected chi connectivity index (χ0v) is 13.9. The van der Waals surface area contributed by atoms with Crippen molar-refractivity contribution in [2.75, 3.05) is 13.1 Å². The fourth-order valence-electron chi connectivity index (χ4n) is 4.35. The lowest BCUT2D eigenvalue weighted by molar-refractivity contribution is -0.0378. The van der Waals surface area contributed by atoms with Crippen molar-refractivity contribution in [3.8, 4) is 0 Å². The van der Waals surface area contributed by atoms with Gasteiger partial charge in [-0.2, -0.15) is 0 Å². The van der Waals surface area contributed by atoms with Crippen molar-refractivity contribution < 1.29 is 9.21 Å². The SMILES string of the molecule is Cc1nc(C(=O)NC2C3CCN(CC3)C2(C)C)cc2ccoc12. The molecule has 0 saturated carbocycles. The third kappa shape index (κ3) is 2.26. The highest BCUT2D eigenvalue weighted by Crippen LogP contribution is 2.39. The number of rotatable bonds is 2. The summed E-state index contributed by atoms with van der Waals surface area (Å²) >= 11 is 0. The van der Waals surface area contributed by atoms with Gasteiger partial charge in [0, 0.05) is 17.0 Å². The van der Waals surface area contributed by atoms with Crippen molar-refractivity contribution in [3.63, 3.8) is 0 Å². The van der Waals surface area contributed by atoms with Crippen molar-refractivity contribution in [2.45, 2.75) is 45.2 Å². The molecule has 5 rings (SSSR count). The smallest absolute Gasteiger partial charge is 0.270 e. The summed E-state index contributed by atoms with van der Waals surface area (Å²) in [6.07, 6.45) is 3.97. The van der Waals surface area contributed by atoms with Gasteiger partial charge in [-0.1, -0.05) is 0 Å². The summed E-state index contributed by atoms with van der Waals surface area (Å²) in [7, 11) is 0. The van der Waals surface area contributed by atoms with E-state index in [1.807, 2.05) is 19.1 Å². The molecule has 2 aromatic rings. The molecule has 1 atom stereocenters. The van der Waals surface area contributed by atoms with E-state index >= 15 is 0 Å². The van der Waals surface area contributed by atoms with Crippen LogP contribution in [0, 0.1) is 12.8 Å². The molecule has 3 aliphatic rings. The molecule has 5 heteroatoms. The van der Waals surface area contributed by atoms with Crippen molar-refractivity contribution >= 4 is 16.9 Å². The van der Waals surface area contributed by atoms with Gasteiger partial charge in [0.2, 0.25) is 0 Å². The predicted octanol–water partition coefficient (Wildman–Crippen LogP) is 2.74. The zero-order chi connectivity index (χ0) is 16.2. The number of fused-ring (bicyclic) bond motifs is 4. The maximum absolute atomic E-state index is 12.8. The Balaban J connectivity index is 1.61. The first kappa shape index (κ1) is 14.7. The lowest BCUT2D eigenvalue weighted by Gasteiger charge is -2.56. The highest BCUT2D eigenvalue weighted by atomic mass is 16.3. The average Bonchev–Trinajstić information content (AvgIpc) is 3.00. The largest absolute Gasteiger partial charge is 0.462 e. The topological polar surface area (TPSA) is 58.4 Å². The van der Waals surface area contributed by atoms with Crippen LogP contribution in [0.3, 0.4) is 0 Å². The van der Waals surface area contributed by atoms with Crippen LogP contribution < -0.4 is 5.32 Å². The molecule has 23 heavy (non-hydrogen) atoms. The number of amides is 1. The van der Waals surface area contributed by atoms with Crippen LogP contribution in [0.15, 0.2) is 22.8 Å². The van der Waals surface area contributed by atoms with E-state index in [2.05, 4.69) is 29.0 Å². The Kier molecular flexibility index (Phi) is 3.23. The minimum absolute atomic E-state index is 0.00557. The first-order valence-electron chi connectivity index (χ1n) is 8.37. The first-order valence-corrected chi connectivity index (χ1v) is 8.37. The normalized spacial score (nSPS) is 28.9. The van der Waals surface area contributed by atoms with Crippen molar-refractivity contribution in [1.29, 1.82) is 0 Å². The standard InChI is InChI=1S/C18H23N3O2/c1-11-15-13(6-9-23-15)10-14(19-11)17(22)20-16-12-4-7-21(8-5-12)18(16,2)3/h6,9-10,12,16H,4-5,7-8H2,1-3H3,(H,20,22). The number of pyridine rings is 1. The lowest BCUT2D eigenvalue weighted by atomic mass is 9.72. The monoisotopic (exact) mass is 313 g/mol. The highest BCUT2D eigenvalue weighted by Gasteiger charge is 2.48. The van der Waals surface area contributed by atoms with Crippen LogP contribution in [0.5, 0.6) is 0 Å². The molecule has 5 heterocycles. The second-order valence-corrected chi connectivity index (χ2v) is 7.36. The molecule has 3 saturated heterocycles.